The Hall–Kier alpha value is -2.35. The average Bonchev–Trinajstić information content (AvgIpc) is 2.69. The Labute approximate surface area is 92.6 Å². The molecule has 0 unspecified atom stereocenters. The lowest BCUT2D eigenvalue weighted by atomic mass is 10.1. The third-order valence-electron chi connectivity index (χ3n) is 2.01. The van der Waals surface area contributed by atoms with Crippen LogP contribution in [-0.2, 0) is 0 Å². The zero-order valence-corrected chi connectivity index (χ0v) is 9.01. The van der Waals surface area contributed by atoms with Gasteiger partial charge in [0.2, 0.25) is 0 Å². The van der Waals surface area contributed by atoms with E-state index in [1.165, 1.54) is 0 Å². The van der Waals surface area contributed by atoms with E-state index in [9.17, 15) is 0 Å². The fraction of sp³-hybridized carbons (Fsp3) is 0.182. The van der Waals surface area contributed by atoms with Crippen molar-refractivity contribution in [2.24, 2.45) is 5.10 Å². The highest BCUT2D eigenvalue weighted by atomic mass is 16.5. The summed E-state index contributed by atoms with van der Waals surface area (Å²) in [6.07, 6.45) is 0. The lowest BCUT2D eigenvalue weighted by Crippen LogP contribution is -2.09. The molecule has 0 saturated carbocycles. The van der Waals surface area contributed by atoms with Gasteiger partial charge in [0.25, 0.3) is 0 Å². The van der Waals surface area contributed by atoms with Crippen LogP contribution in [0.4, 0.5) is 0 Å². The second-order valence-electron chi connectivity index (χ2n) is 3.43. The van der Waals surface area contributed by atoms with Gasteiger partial charge in [-0.1, -0.05) is 17.3 Å². The molecule has 1 aromatic carbocycles. The van der Waals surface area contributed by atoms with Crippen LogP contribution >= 0.6 is 0 Å². The summed E-state index contributed by atoms with van der Waals surface area (Å²) < 4.78 is 5.11. The monoisotopic (exact) mass is 214 g/mol. The lowest BCUT2D eigenvalue weighted by molar-refractivity contribution is 0.435. The molecule has 0 aliphatic rings. The van der Waals surface area contributed by atoms with Gasteiger partial charge in [-0.15, -0.1) is 0 Å². The van der Waals surface area contributed by atoms with Gasteiger partial charge < -0.3 is 9.53 Å². The molecule has 1 heterocycles. The maximum atomic E-state index is 9.02. The maximum absolute atomic E-state index is 9.02. The Morgan fingerprint density at radius 3 is 2.88 bits per heavy atom. The smallest absolute Gasteiger partial charge is 0.190 e. The normalized spacial score (nSPS) is 11.4. The SMILES string of the molecule is CN(C)/N=C(/C#N)c1noc2ccccc12. The second-order valence-corrected chi connectivity index (χ2v) is 3.43. The van der Waals surface area contributed by atoms with Crippen LogP contribution in [0.25, 0.3) is 11.0 Å². The molecule has 2 rings (SSSR count). The summed E-state index contributed by atoms with van der Waals surface area (Å²) in [6.45, 7) is 0. The van der Waals surface area contributed by atoms with Crippen LogP contribution in [0, 0.1) is 11.3 Å². The molecule has 0 spiro atoms. The molecule has 0 atom stereocenters. The van der Waals surface area contributed by atoms with Crippen LogP contribution in [0.2, 0.25) is 0 Å². The first-order valence-electron chi connectivity index (χ1n) is 4.73. The first-order valence-corrected chi connectivity index (χ1v) is 4.73. The second kappa shape index (κ2) is 4.03. The molecule has 5 nitrogen and oxygen atoms in total. The van der Waals surface area contributed by atoms with Gasteiger partial charge in [-0.2, -0.15) is 10.4 Å². The molecule has 80 valence electrons. The molecule has 0 aliphatic heterocycles. The molecular weight excluding hydrogens is 204 g/mol. The Morgan fingerprint density at radius 1 is 1.44 bits per heavy atom. The number of benzene rings is 1. The molecule has 5 heteroatoms. The Bertz CT molecular complexity index is 577. The van der Waals surface area contributed by atoms with Gasteiger partial charge in [0.05, 0.1) is 5.39 Å². The number of hydrazone groups is 1. The molecular formula is C11H10N4O. The van der Waals surface area contributed by atoms with Crippen LogP contribution < -0.4 is 0 Å². The number of aromatic nitrogens is 1. The van der Waals surface area contributed by atoms with Gasteiger partial charge in [-0.05, 0) is 12.1 Å². The molecule has 0 saturated heterocycles. The van der Waals surface area contributed by atoms with Gasteiger partial charge in [0.1, 0.15) is 6.07 Å². The van der Waals surface area contributed by atoms with E-state index < -0.39 is 0 Å². The summed E-state index contributed by atoms with van der Waals surface area (Å²) in [5, 5.41) is 19.3. The predicted octanol–water partition coefficient (Wildman–Crippen LogP) is 1.62. The summed E-state index contributed by atoms with van der Waals surface area (Å²) in [6, 6.07) is 9.39. The molecule has 0 amide bonds. The van der Waals surface area contributed by atoms with Crippen LogP contribution in [0.15, 0.2) is 33.9 Å². The van der Waals surface area contributed by atoms with E-state index in [0.29, 0.717) is 11.3 Å². The van der Waals surface area contributed by atoms with Gasteiger partial charge >= 0.3 is 0 Å². The summed E-state index contributed by atoms with van der Waals surface area (Å²) >= 11 is 0. The Morgan fingerprint density at radius 2 is 2.19 bits per heavy atom. The molecule has 0 fully saturated rings. The first kappa shape index (κ1) is 10.2. The van der Waals surface area contributed by atoms with E-state index in [-0.39, 0.29) is 5.71 Å². The lowest BCUT2D eigenvalue weighted by Gasteiger charge is -2.03. The third-order valence-corrected chi connectivity index (χ3v) is 2.01. The maximum Gasteiger partial charge on any atom is 0.190 e. The summed E-state index contributed by atoms with van der Waals surface area (Å²) in [5.41, 5.74) is 1.38. The fourth-order valence-corrected chi connectivity index (χ4v) is 1.38. The molecule has 0 N–H and O–H groups in total. The highest BCUT2D eigenvalue weighted by Crippen LogP contribution is 2.18. The van der Waals surface area contributed by atoms with Gasteiger partial charge in [-0.25, -0.2) is 0 Å². The van der Waals surface area contributed by atoms with Crippen molar-refractivity contribution in [2.75, 3.05) is 14.1 Å². The van der Waals surface area contributed by atoms with Crippen molar-refractivity contribution in [3.05, 3.63) is 30.0 Å². The van der Waals surface area contributed by atoms with Crippen molar-refractivity contribution >= 4 is 16.7 Å². The summed E-state index contributed by atoms with van der Waals surface area (Å²) in [7, 11) is 3.50. The largest absolute Gasteiger partial charge is 0.356 e. The van der Waals surface area contributed by atoms with Gasteiger partial charge in [-0.3, -0.25) is 0 Å². The highest BCUT2D eigenvalue weighted by Gasteiger charge is 2.13. The number of para-hydroxylation sites is 1. The zero-order chi connectivity index (χ0) is 11.5. The molecule has 2 aromatic rings. The van der Waals surface area contributed by atoms with E-state index in [1.54, 1.807) is 25.2 Å². The van der Waals surface area contributed by atoms with Crippen LogP contribution in [0.5, 0.6) is 0 Å². The van der Waals surface area contributed by atoms with Crippen molar-refractivity contribution in [2.45, 2.75) is 0 Å². The van der Waals surface area contributed by atoms with Crippen molar-refractivity contribution in [3.8, 4) is 6.07 Å². The zero-order valence-electron chi connectivity index (χ0n) is 9.01. The van der Waals surface area contributed by atoms with Gasteiger partial charge in [0, 0.05) is 14.1 Å². The minimum atomic E-state index is 0.245. The Balaban J connectivity index is 2.59. The molecule has 0 bridgehead atoms. The van der Waals surface area contributed by atoms with E-state index in [4.69, 9.17) is 9.78 Å². The van der Waals surface area contributed by atoms with Crippen molar-refractivity contribution in [1.82, 2.24) is 10.2 Å². The number of nitrogens with zero attached hydrogens (tertiary/aromatic N) is 4. The number of hydrogen-bond acceptors (Lipinski definition) is 5. The number of nitriles is 1. The molecule has 1 aromatic heterocycles. The van der Waals surface area contributed by atoms with E-state index in [1.807, 2.05) is 24.3 Å². The minimum Gasteiger partial charge on any atom is -0.356 e. The van der Waals surface area contributed by atoms with Crippen LogP contribution in [-0.4, -0.2) is 30.0 Å². The standard InChI is InChI=1S/C11H10N4O/c1-15(2)13-9(7-12)11-8-5-3-4-6-10(8)16-14-11/h3-6H,1-2H3/b13-9-. The third kappa shape index (κ3) is 1.73. The highest BCUT2D eigenvalue weighted by molar-refractivity contribution is 6.16. The molecule has 0 radical (unpaired) electrons. The average molecular weight is 214 g/mol. The van der Waals surface area contributed by atoms with Crippen molar-refractivity contribution in [3.63, 3.8) is 0 Å². The quantitative estimate of drug-likeness (QED) is 0.562. The van der Waals surface area contributed by atoms with Crippen LogP contribution in [0.3, 0.4) is 0 Å². The van der Waals surface area contributed by atoms with Crippen molar-refractivity contribution < 1.29 is 4.52 Å². The van der Waals surface area contributed by atoms with Gasteiger partial charge in [0.15, 0.2) is 17.0 Å². The van der Waals surface area contributed by atoms with E-state index in [0.717, 1.165) is 5.39 Å². The summed E-state index contributed by atoms with van der Waals surface area (Å²) in [4.78, 5) is 0. The van der Waals surface area contributed by atoms with E-state index in [2.05, 4.69) is 10.3 Å². The predicted molar refractivity (Wildman–Crippen MR) is 59.8 cm³/mol. The number of fused-ring (bicyclic) bond motifs is 1. The first-order chi connectivity index (χ1) is 7.72. The topological polar surface area (TPSA) is 65.4 Å². The molecule has 16 heavy (non-hydrogen) atoms. The minimum absolute atomic E-state index is 0.245. The fourth-order valence-electron chi connectivity index (χ4n) is 1.38. The number of hydrogen-bond donors (Lipinski definition) is 0. The Kier molecular flexibility index (Phi) is 2.56. The summed E-state index contributed by atoms with van der Waals surface area (Å²) in [5.74, 6) is 0. The van der Waals surface area contributed by atoms with E-state index >= 15 is 0 Å². The number of rotatable bonds is 2. The van der Waals surface area contributed by atoms with Crippen molar-refractivity contribution in [1.29, 1.82) is 5.26 Å². The van der Waals surface area contributed by atoms with Crippen LogP contribution in [0.1, 0.15) is 5.69 Å². The molecule has 0 aliphatic carbocycles.